The Hall–Kier alpha value is -2.27. The van der Waals surface area contributed by atoms with E-state index in [2.05, 4.69) is 24.1 Å². The monoisotopic (exact) mass is 358 g/mol. The number of carbonyl (C=O) groups excluding carboxylic acids is 1. The topological polar surface area (TPSA) is 54.7 Å². The molecule has 0 radical (unpaired) electrons. The molecule has 1 aromatic carbocycles. The fourth-order valence-electron chi connectivity index (χ4n) is 3.01. The van der Waals surface area contributed by atoms with Crippen LogP contribution in [0.2, 0.25) is 0 Å². The molecule has 142 valence electrons. The summed E-state index contributed by atoms with van der Waals surface area (Å²) in [5, 5.41) is 2.98. The van der Waals surface area contributed by atoms with Crippen LogP contribution < -0.4 is 10.1 Å². The zero-order chi connectivity index (χ0) is 19.1. The van der Waals surface area contributed by atoms with Crippen LogP contribution in [0.5, 0.6) is 5.75 Å². The van der Waals surface area contributed by atoms with Gasteiger partial charge < -0.3 is 19.4 Å². The predicted octanol–water partition coefficient (Wildman–Crippen LogP) is 3.86. The van der Waals surface area contributed by atoms with E-state index in [4.69, 9.17) is 9.15 Å². The maximum Gasteiger partial charge on any atom is 0.255 e. The van der Waals surface area contributed by atoms with Gasteiger partial charge in [0.1, 0.15) is 23.9 Å². The summed E-state index contributed by atoms with van der Waals surface area (Å²) < 4.78 is 11.5. The molecule has 0 aliphatic heterocycles. The second kappa shape index (κ2) is 9.43. The first-order chi connectivity index (χ1) is 12.5. The molecule has 0 unspecified atom stereocenters. The Kier molecular flexibility index (Phi) is 7.27. The second-order valence-electron chi connectivity index (χ2n) is 6.38. The van der Waals surface area contributed by atoms with Crippen molar-refractivity contribution in [3.8, 4) is 5.75 Å². The number of rotatable bonds is 9. The van der Waals surface area contributed by atoms with Crippen LogP contribution in [0.4, 0.5) is 0 Å². The standard InChI is InChI=1S/C21H30N2O3/c1-6-23(7-2)12-13-25-19-11-9-8-10-18(19)14-22-21(24)20-15(3)16(4)26-17(20)5/h8-11H,6-7,12-14H2,1-5H3,(H,22,24). The van der Waals surface area contributed by atoms with Crippen molar-refractivity contribution in [3.63, 3.8) is 0 Å². The van der Waals surface area contributed by atoms with Gasteiger partial charge in [-0.2, -0.15) is 0 Å². The number of benzene rings is 1. The third-order valence-electron chi connectivity index (χ3n) is 4.76. The minimum absolute atomic E-state index is 0.116. The number of likely N-dealkylation sites (N-methyl/N-ethyl adjacent to an activating group) is 1. The van der Waals surface area contributed by atoms with Crippen molar-refractivity contribution >= 4 is 5.91 Å². The van der Waals surface area contributed by atoms with Crippen molar-refractivity contribution in [1.82, 2.24) is 10.2 Å². The van der Waals surface area contributed by atoms with Crippen LogP contribution in [0.15, 0.2) is 28.7 Å². The minimum Gasteiger partial charge on any atom is -0.492 e. The molecular weight excluding hydrogens is 328 g/mol. The fourth-order valence-corrected chi connectivity index (χ4v) is 3.01. The van der Waals surface area contributed by atoms with Crippen molar-refractivity contribution in [3.05, 3.63) is 52.5 Å². The number of hydrogen-bond acceptors (Lipinski definition) is 4. The van der Waals surface area contributed by atoms with E-state index in [1.165, 1.54) is 0 Å². The highest BCUT2D eigenvalue weighted by atomic mass is 16.5. The Morgan fingerprint density at radius 2 is 1.81 bits per heavy atom. The Bertz CT molecular complexity index is 733. The fraction of sp³-hybridized carbons (Fsp3) is 0.476. The molecule has 1 amide bonds. The lowest BCUT2D eigenvalue weighted by atomic mass is 10.1. The first kappa shape index (κ1) is 20.0. The molecule has 5 heteroatoms. The SMILES string of the molecule is CCN(CC)CCOc1ccccc1CNC(=O)c1c(C)oc(C)c1C. The third-order valence-corrected chi connectivity index (χ3v) is 4.76. The van der Waals surface area contributed by atoms with Crippen molar-refractivity contribution in [2.24, 2.45) is 0 Å². The maximum atomic E-state index is 12.5. The van der Waals surface area contributed by atoms with Crippen LogP contribution in [0.1, 0.15) is 46.9 Å². The summed E-state index contributed by atoms with van der Waals surface area (Å²) in [5.74, 6) is 2.14. The molecule has 5 nitrogen and oxygen atoms in total. The Labute approximate surface area is 156 Å². The van der Waals surface area contributed by atoms with Crippen LogP contribution in [0.25, 0.3) is 0 Å². The molecule has 0 bridgehead atoms. The Morgan fingerprint density at radius 3 is 2.42 bits per heavy atom. The summed E-state index contributed by atoms with van der Waals surface area (Å²) in [6, 6.07) is 7.83. The maximum absolute atomic E-state index is 12.5. The van der Waals surface area contributed by atoms with Gasteiger partial charge in [-0.1, -0.05) is 32.0 Å². The predicted molar refractivity (Wildman–Crippen MR) is 104 cm³/mol. The number of hydrogen-bond donors (Lipinski definition) is 1. The van der Waals surface area contributed by atoms with Gasteiger partial charge in [-0.15, -0.1) is 0 Å². The summed E-state index contributed by atoms with van der Waals surface area (Å²) in [4.78, 5) is 14.9. The summed E-state index contributed by atoms with van der Waals surface area (Å²) in [5.41, 5.74) is 2.49. The van der Waals surface area contributed by atoms with E-state index >= 15 is 0 Å². The average molecular weight is 358 g/mol. The van der Waals surface area contributed by atoms with Gasteiger partial charge in [0, 0.05) is 24.2 Å². The number of para-hydroxylation sites is 1. The molecule has 1 heterocycles. The van der Waals surface area contributed by atoms with Crippen LogP contribution in [-0.2, 0) is 6.54 Å². The highest BCUT2D eigenvalue weighted by Crippen LogP contribution is 2.22. The van der Waals surface area contributed by atoms with Gasteiger partial charge in [0.2, 0.25) is 0 Å². The number of furan rings is 1. The molecule has 0 spiro atoms. The lowest BCUT2D eigenvalue weighted by Gasteiger charge is -2.19. The summed E-state index contributed by atoms with van der Waals surface area (Å²) in [6.45, 7) is 13.9. The van der Waals surface area contributed by atoms with E-state index < -0.39 is 0 Å². The molecule has 0 saturated carbocycles. The van der Waals surface area contributed by atoms with E-state index in [1.54, 1.807) is 0 Å². The van der Waals surface area contributed by atoms with E-state index in [0.29, 0.717) is 24.5 Å². The van der Waals surface area contributed by atoms with Crippen LogP contribution in [0.3, 0.4) is 0 Å². The van der Waals surface area contributed by atoms with E-state index in [-0.39, 0.29) is 5.91 Å². The molecule has 0 saturated heterocycles. The van der Waals surface area contributed by atoms with Gasteiger partial charge in [-0.25, -0.2) is 0 Å². The number of aryl methyl sites for hydroxylation is 2. The van der Waals surface area contributed by atoms with Gasteiger partial charge in [-0.05, 0) is 39.9 Å². The second-order valence-corrected chi connectivity index (χ2v) is 6.38. The van der Waals surface area contributed by atoms with Gasteiger partial charge in [-0.3, -0.25) is 4.79 Å². The highest BCUT2D eigenvalue weighted by molar-refractivity contribution is 5.96. The van der Waals surface area contributed by atoms with Crippen molar-refractivity contribution in [2.75, 3.05) is 26.2 Å². The lowest BCUT2D eigenvalue weighted by Crippen LogP contribution is -2.28. The Morgan fingerprint density at radius 1 is 1.12 bits per heavy atom. The molecule has 1 N–H and O–H groups in total. The van der Waals surface area contributed by atoms with Crippen LogP contribution in [-0.4, -0.2) is 37.0 Å². The zero-order valence-corrected chi connectivity index (χ0v) is 16.5. The molecule has 2 rings (SSSR count). The smallest absolute Gasteiger partial charge is 0.255 e. The first-order valence-electron chi connectivity index (χ1n) is 9.25. The van der Waals surface area contributed by atoms with Crippen LogP contribution >= 0.6 is 0 Å². The van der Waals surface area contributed by atoms with Gasteiger partial charge in [0.05, 0.1) is 5.56 Å². The largest absolute Gasteiger partial charge is 0.492 e. The Balaban J connectivity index is 1.98. The molecule has 0 aliphatic carbocycles. The molecule has 1 aromatic heterocycles. The zero-order valence-electron chi connectivity index (χ0n) is 16.5. The van der Waals surface area contributed by atoms with Crippen LogP contribution in [0, 0.1) is 20.8 Å². The molecule has 0 fully saturated rings. The van der Waals surface area contributed by atoms with Gasteiger partial charge in [0.15, 0.2) is 0 Å². The number of nitrogens with one attached hydrogen (secondary N) is 1. The van der Waals surface area contributed by atoms with Crippen molar-refractivity contribution in [2.45, 2.75) is 41.2 Å². The van der Waals surface area contributed by atoms with Gasteiger partial charge in [0.25, 0.3) is 5.91 Å². The summed E-state index contributed by atoms with van der Waals surface area (Å²) >= 11 is 0. The van der Waals surface area contributed by atoms with E-state index in [0.717, 1.165) is 42.3 Å². The normalized spacial score (nSPS) is 11.0. The average Bonchev–Trinajstić information content (AvgIpc) is 2.89. The van der Waals surface area contributed by atoms with Crippen molar-refractivity contribution < 1.29 is 13.9 Å². The number of nitrogens with zero attached hydrogens (tertiary/aromatic N) is 1. The minimum atomic E-state index is -0.116. The quantitative estimate of drug-likeness (QED) is 0.740. The number of amides is 1. The number of ether oxygens (including phenoxy) is 1. The summed E-state index contributed by atoms with van der Waals surface area (Å²) in [6.07, 6.45) is 0. The molecular formula is C21H30N2O3. The summed E-state index contributed by atoms with van der Waals surface area (Å²) in [7, 11) is 0. The molecule has 0 atom stereocenters. The number of carbonyl (C=O) groups is 1. The van der Waals surface area contributed by atoms with Gasteiger partial charge >= 0.3 is 0 Å². The first-order valence-corrected chi connectivity index (χ1v) is 9.25. The molecule has 26 heavy (non-hydrogen) atoms. The highest BCUT2D eigenvalue weighted by Gasteiger charge is 2.18. The van der Waals surface area contributed by atoms with E-state index in [9.17, 15) is 4.79 Å². The van der Waals surface area contributed by atoms with E-state index in [1.807, 2.05) is 45.0 Å². The third kappa shape index (κ3) is 4.88. The lowest BCUT2D eigenvalue weighted by molar-refractivity contribution is 0.0948. The molecule has 0 aliphatic rings. The van der Waals surface area contributed by atoms with Crippen molar-refractivity contribution in [1.29, 1.82) is 0 Å². The molecule has 2 aromatic rings.